The average molecular weight is 364 g/mol. The molecule has 27 heavy (non-hydrogen) atoms. The Bertz CT molecular complexity index is 873. The molecular weight excluding hydrogens is 340 g/mol. The normalized spacial score (nSPS) is 16.3. The molecule has 6 heteroatoms. The number of anilines is 1. The van der Waals surface area contributed by atoms with Crippen LogP contribution in [0.15, 0.2) is 59.1 Å². The Kier molecular flexibility index (Phi) is 5.07. The zero-order valence-electron chi connectivity index (χ0n) is 15.7. The first-order valence-corrected chi connectivity index (χ1v) is 9.27. The topological polar surface area (TPSA) is 54.6 Å². The van der Waals surface area contributed by atoms with Gasteiger partial charge in [-0.2, -0.15) is 4.98 Å². The smallest absolute Gasteiger partial charge is 0.244 e. The Balaban J connectivity index is 1.42. The summed E-state index contributed by atoms with van der Waals surface area (Å²) in [4.78, 5) is 9.36. The van der Waals surface area contributed by atoms with E-state index >= 15 is 0 Å². The summed E-state index contributed by atoms with van der Waals surface area (Å²) in [6.07, 6.45) is 0. The van der Waals surface area contributed by atoms with Crippen LogP contribution in [-0.4, -0.2) is 48.3 Å². The average Bonchev–Trinajstić information content (AvgIpc) is 3.24. The summed E-state index contributed by atoms with van der Waals surface area (Å²) in [5.74, 6) is 2.23. The maximum atomic E-state index is 5.55. The molecule has 4 rings (SSSR count). The first-order chi connectivity index (χ1) is 13.3. The Labute approximate surface area is 159 Å². The van der Waals surface area contributed by atoms with E-state index in [2.05, 4.69) is 39.0 Å². The highest BCUT2D eigenvalue weighted by atomic mass is 16.5. The van der Waals surface area contributed by atoms with E-state index in [4.69, 9.17) is 9.26 Å². The number of benzene rings is 2. The molecule has 0 radical (unpaired) electrons. The van der Waals surface area contributed by atoms with Gasteiger partial charge in [0.15, 0.2) is 0 Å². The molecule has 0 N–H and O–H groups in total. The Morgan fingerprint density at radius 3 is 2.41 bits per heavy atom. The third kappa shape index (κ3) is 3.66. The lowest BCUT2D eigenvalue weighted by Gasteiger charge is -2.38. The van der Waals surface area contributed by atoms with E-state index in [1.807, 2.05) is 42.5 Å². The van der Waals surface area contributed by atoms with Gasteiger partial charge in [0, 0.05) is 31.7 Å². The third-order valence-electron chi connectivity index (χ3n) is 5.12. The van der Waals surface area contributed by atoms with E-state index in [9.17, 15) is 0 Å². The van der Waals surface area contributed by atoms with E-state index in [1.54, 1.807) is 7.11 Å². The quantitative estimate of drug-likeness (QED) is 0.689. The van der Waals surface area contributed by atoms with Crippen molar-refractivity contribution in [3.05, 3.63) is 60.5 Å². The minimum absolute atomic E-state index is 0.0924. The number of hydrogen-bond acceptors (Lipinski definition) is 6. The second kappa shape index (κ2) is 7.80. The first kappa shape index (κ1) is 17.5. The fraction of sp³-hybridized carbons (Fsp3) is 0.333. The SMILES string of the molecule is COc1ccccc1N1CCN(C(C)c2nc(-c3ccccc3)no2)CC1. The van der Waals surface area contributed by atoms with E-state index in [0.717, 1.165) is 43.2 Å². The highest BCUT2D eigenvalue weighted by Gasteiger charge is 2.26. The van der Waals surface area contributed by atoms with E-state index in [-0.39, 0.29) is 6.04 Å². The largest absolute Gasteiger partial charge is 0.495 e. The van der Waals surface area contributed by atoms with Gasteiger partial charge < -0.3 is 14.2 Å². The molecule has 1 atom stereocenters. The van der Waals surface area contributed by atoms with Crippen LogP contribution >= 0.6 is 0 Å². The zero-order chi connectivity index (χ0) is 18.6. The molecule has 140 valence electrons. The molecule has 0 saturated carbocycles. The zero-order valence-corrected chi connectivity index (χ0v) is 15.7. The van der Waals surface area contributed by atoms with Gasteiger partial charge >= 0.3 is 0 Å². The number of nitrogens with zero attached hydrogens (tertiary/aromatic N) is 4. The second-order valence-electron chi connectivity index (χ2n) is 6.69. The van der Waals surface area contributed by atoms with Gasteiger partial charge in [-0.3, -0.25) is 4.90 Å². The maximum absolute atomic E-state index is 5.55. The van der Waals surface area contributed by atoms with Crippen molar-refractivity contribution in [1.29, 1.82) is 0 Å². The molecule has 0 bridgehead atoms. The Morgan fingerprint density at radius 2 is 1.67 bits per heavy atom. The highest BCUT2D eigenvalue weighted by Crippen LogP contribution is 2.30. The van der Waals surface area contributed by atoms with Gasteiger partial charge in [-0.15, -0.1) is 0 Å². The number of rotatable bonds is 5. The summed E-state index contributed by atoms with van der Waals surface area (Å²) in [7, 11) is 1.72. The van der Waals surface area contributed by atoms with Crippen molar-refractivity contribution >= 4 is 5.69 Å². The lowest BCUT2D eigenvalue weighted by atomic mass is 10.2. The molecule has 0 amide bonds. The minimum Gasteiger partial charge on any atom is -0.495 e. The minimum atomic E-state index is 0.0924. The molecule has 2 heterocycles. The first-order valence-electron chi connectivity index (χ1n) is 9.27. The van der Waals surface area contributed by atoms with Crippen molar-refractivity contribution in [2.75, 3.05) is 38.2 Å². The van der Waals surface area contributed by atoms with Gasteiger partial charge in [0.25, 0.3) is 0 Å². The fourth-order valence-corrected chi connectivity index (χ4v) is 3.51. The molecule has 0 spiro atoms. The van der Waals surface area contributed by atoms with E-state index in [1.165, 1.54) is 0 Å². The van der Waals surface area contributed by atoms with E-state index in [0.29, 0.717) is 11.7 Å². The molecule has 6 nitrogen and oxygen atoms in total. The number of ether oxygens (including phenoxy) is 1. The van der Waals surface area contributed by atoms with Crippen molar-refractivity contribution in [2.45, 2.75) is 13.0 Å². The molecule has 1 aromatic heterocycles. The predicted octanol–water partition coefficient (Wildman–Crippen LogP) is 3.63. The summed E-state index contributed by atoms with van der Waals surface area (Å²) >= 11 is 0. The highest BCUT2D eigenvalue weighted by molar-refractivity contribution is 5.58. The van der Waals surface area contributed by atoms with Crippen molar-refractivity contribution < 1.29 is 9.26 Å². The van der Waals surface area contributed by atoms with Gasteiger partial charge in [-0.25, -0.2) is 0 Å². The van der Waals surface area contributed by atoms with Crippen LogP contribution in [0.3, 0.4) is 0 Å². The monoisotopic (exact) mass is 364 g/mol. The third-order valence-corrected chi connectivity index (χ3v) is 5.12. The van der Waals surface area contributed by atoms with Crippen molar-refractivity contribution in [2.24, 2.45) is 0 Å². The maximum Gasteiger partial charge on any atom is 0.244 e. The van der Waals surface area contributed by atoms with E-state index < -0.39 is 0 Å². The number of methoxy groups -OCH3 is 1. The summed E-state index contributed by atoms with van der Waals surface area (Å²) < 4.78 is 11.0. The van der Waals surface area contributed by atoms with Crippen LogP contribution in [0.4, 0.5) is 5.69 Å². The summed E-state index contributed by atoms with van der Waals surface area (Å²) in [6, 6.07) is 18.2. The van der Waals surface area contributed by atoms with Gasteiger partial charge in [0.05, 0.1) is 18.8 Å². The second-order valence-corrected chi connectivity index (χ2v) is 6.69. The molecule has 1 unspecified atom stereocenters. The molecule has 2 aromatic carbocycles. The standard InChI is InChI=1S/C21H24N4O2/c1-16(21-22-20(23-27-21)17-8-4-3-5-9-17)24-12-14-25(15-13-24)18-10-6-7-11-19(18)26-2/h3-11,16H,12-15H2,1-2H3. The van der Waals surface area contributed by atoms with Gasteiger partial charge in [-0.05, 0) is 19.1 Å². The summed E-state index contributed by atoms with van der Waals surface area (Å²) in [5, 5.41) is 4.15. The molecule has 1 fully saturated rings. The molecular formula is C21H24N4O2. The summed E-state index contributed by atoms with van der Waals surface area (Å²) in [5.41, 5.74) is 2.12. The molecule has 1 aliphatic rings. The lowest BCUT2D eigenvalue weighted by molar-refractivity contribution is 0.164. The predicted molar refractivity (Wildman–Crippen MR) is 105 cm³/mol. The van der Waals surface area contributed by atoms with Crippen molar-refractivity contribution in [3.63, 3.8) is 0 Å². The number of piperazine rings is 1. The lowest BCUT2D eigenvalue weighted by Crippen LogP contribution is -2.47. The van der Waals surface area contributed by atoms with Crippen molar-refractivity contribution in [1.82, 2.24) is 15.0 Å². The van der Waals surface area contributed by atoms with Crippen LogP contribution in [0.1, 0.15) is 18.9 Å². The van der Waals surface area contributed by atoms with Gasteiger partial charge in [-0.1, -0.05) is 47.6 Å². The number of aromatic nitrogens is 2. The van der Waals surface area contributed by atoms with Crippen LogP contribution in [0.5, 0.6) is 5.75 Å². The van der Waals surface area contributed by atoms with Crippen LogP contribution in [0.25, 0.3) is 11.4 Å². The van der Waals surface area contributed by atoms with Crippen molar-refractivity contribution in [3.8, 4) is 17.1 Å². The fourth-order valence-electron chi connectivity index (χ4n) is 3.51. The van der Waals surface area contributed by atoms with Crippen LogP contribution in [-0.2, 0) is 0 Å². The molecule has 3 aromatic rings. The Hall–Kier alpha value is -2.86. The molecule has 1 saturated heterocycles. The van der Waals surface area contributed by atoms with Gasteiger partial charge in [0.2, 0.25) is 11.7 Å². The molecule has 0 aliphatic carbocycles. The van der Waals surface area contributed by atoms with Crippen LogP contribution in [0, 0.1) is 0 Å². The Morgan fingerprint density at radius 1 is 0.963 bits per heavy atom. The molecule has 1 aliphatic heterocycles. The summed E-state index contributed by atoms with van der Waals surface area (Å²) in [6.45, 7) is 5.86. The van der Waals surface area contributed by atoms with Gasteiger partial charge in [0.1, 0.15) is 5.75 Å². The number of para-hydroxylation sites is 2. The number of hydrogen-bond donors (Lipinski definition) is 0. The van der Waals surface area contributed by atoms with Crippen LogP contribution in [0.2, 0.25) is 0 Å². The van der Waals surface area contributed by atoms with Crippen LogP contribution < -0.4 is 9.64 Å².